The second kappa shape index (κ2) is 5.17. The van der Waals surface area contributed by atoms with E-state index >= 15 is 0 Å². The molecule has 0 amide bonds. The molecule has 0 saturated heterocycles. The highest BCUT2D eigenvalue weighted by Gasteiger charge is 2.42. The fourth-order valence-electron chi connectivity index (χ4n) is 2.01. The Morgan fingerprint density at radius 3 is 2.29 bits per heavy atom. The third-order valence-electron chi connectivity index (χ3n) is 2.97. The lowest BCUT2D eigenvalue weighted by atomic mass is 9.75. The SMILES string of the molecule is O=C(CBr)OC1(c2cc(Cl)cc(Cl)c2)CCC1. The first-order valence-corrected chi connectivity index (χ1v) is 7.18. The molecule has 1 saturated carbocycles. The second-order valence-corrected chi connectivity index (χ2v) is 5.55. The molecule has 1 aromatic carbocycles. The average molecular weight is 338 g/mol. The number of alkyl halides is 1. The quantitative estimate of drug-likeness (QED) is 0.606. The number of rotatable bonds is 3. The summed E-state index contributed by atoms with van der Waals surface area (Å²) in [7, 11) is 0. The summed E-state index contributed by atoms with van der Waals surface area (Å²) in [5.41, 5.74) is 0.356. The number of hydrogen-bond acceptors (Lipinski definition) is 2. The topological polar surface area (TPSA) is 26.3 Å². The zero-order valence-electron chi connectivity index (χ0n) is 9.01. The largest absolute Gasteiger partial charge is 0.454 e. The lowest BCUT2D eigenvalue weighted by Crippen LogP contribution is -2.39. The molecule has 1 aromatic rings. The molecular formula is C12H11BrCl2O2. The highest BCUT2D eigenvalue weighted by atomic mass is 79.9. The van der Waals surface area contributed by atoms with Gasteiger partial charge < -0.3 is 4.74 Å². The van der Waals surface area contributed by atoms with Gasteiger partial charge in [0.15, 0.2) is 0 Å². The summed E-state index contributed by atoms with van der Waals surface area (Å²) in [4.78, 5) is 11.4. The number of halogens is 3. The third-order valence-corrected chi connectivity index (χ3v) is 3.86. The van der Waals surface area contributed by atoms with Gasteiger partial charge in [0.2, 0.25) is 0 Å². The first kappa shape index (κ1) is 13.2. The number of benzene rings is 1. The van der Waals surface area contributed by atoms with Gasteiger partial charge in [0, 0.05) is 10.0 Å². The molecule has 0 unspecified atom stereocenters. The van der Waals surface area contributed by atoms with Crippen LogP contribution in [0.3, 0.4) is 0 Å². The van der Waals surface area contributed by atoms with Gasteiger partial charge in [-0.3, -0.25) is 4.79 Å². The van der Waals surface area contributed by atoms with Crippen molar-refractivity contribution in [2.45, 2.75) is 24.9 Å². The van der Waals surface area contributed by atoms with Crippen LogP contribution in [-0.4, -0.2) is 11.3 Å². The van der Waals surface area contributed by atoms with Crippen molar-refractivity contribution in [2.24, 2.45) is 0 Å². The van der Waals surface area contributed by atoms with Crippen molar-refractivity contribution in [3.05, 3.63) is 33.8 Å². The Morgan fingerprint density at radius 2 is 1.88 bits per heavy atom. The van der Waals surface area contributed by atoms with E-state index in [9.17, 15) is 4.79 Å². The van der Waals surface area contributed by atoms with Crippen LogP contribution < -0.4 is 0 Å². The molecule has 0 N–H and O–H groups in total. The van der Waals surface area contributed by atoms with Gasteiger partial charge >= 0.3 is 5.97 Å². The smallest absolute Gasteiger partial charge is 0.317 e. The van der Waals surface area contributed by atoms with E-state index in [2.05, 4.69) is 15.9 Å². The molecule has 2 rings (SSSR count). The van der Waals surface area contributed by atoms with Crippen LogP contribution in [0.15, 0.2) is 18.2 Å². The molecular weight excluding hydrogens is 327 g/mol. The van der Waals surface area contributed by atoms with E-state index in [1.165, 1.54) is 0 Å². The van der Waals surface area contributed by atoms with Crippen molar-refractivity contribution in [3.8, 4) is 0 Å². The molecule has 0 bridgehead atoms. The summed E-state index contributed by atoms with van der Waals surface area (Å²) in [5.74, 6) is -0.263. The van der Waals surface area contributed by atoms with Crippen LogP contribution in [-0.2, 0) is 15.1 Å². The molecule has 5 heteroatoms. The average Bonchev–Trinajstić information content (AvgIpc) is 2.21. The molecule has 0 radical (unpaired) electrons. The Labute approximate surface area is 118 Å². The summed E-state index contributed by atoms with van der Waals surface area (Å²) in [6.45, 7) is 0. The van der Waals surface area contributed by atoms with Crippen molar-refractivity contribution >= 4 is 45.1 Å². The van der Waals surface area contributed by atoms with Crippen molar-refractivity contribution in [1.82, 2.24) is 0 Å². The maximum Gasteiger partial charge on any atom is 0.317 e. The molecule has 2 nitrogen and oxygen atoms in total. The first-order valence-electron chi connectivity index (χ1n) is 5.30. The Hall–Kier alpha value is -0.250. The predicted molar refractivity (Wildman–Crippen MR) is 71.9 cm³/mol. The number of ether oxygens (including phenoxy) is 1. The summed E-state index contributed by atoms with van der Waals surface area (Å²) in [6.07, 6.45) is 2.69. The zero-order valence-corrected chi connectivity index (χ0v) is 12.1. The van der Waals surface area contributed by atoms with Gasteiger partial charge in [-0.25, -0.2) is 0 Å². The van der Waals surface area contributed by atoms with Crippen molar-refractivity contribution in [3.63, 3.8) is 0 Å². The minimum absolute atomic E-state index is 0.197. The molecule has 1 aliphatic rings. The molecule has 0 aromatic heterocycles. The molecule has 0 spiro atoms. The van der Waals surface area contributed by atoms with Gasteiger partial charge in [0.25, 0.3) is 0 Å². The summed E-state index contributed by atoms with van der Waals surface area (Å²) < 4.78 is 5.52. The number of hydrogen-bond donors (Lipinski definition) is 0. The molecule has 0 heterocycles. The van der Waals surface area contributed by atoms with Gasteiger partial charge in [0.1, 0.15) is 10.9 Å². The molecule has 1 aliphatic carbocycles. The van der Waals surface area contributed by atoms with E-state index in [1.807, 2.05) is 12.1 Å². The molecule has 0 atom stereocenters. The van der Waals surface area contributed by atoms with Crippen molar-refractivity contribution in [1.29, 1.82) is 0 Å². The van der Waals surface area contributed by atoms with Crippen molar-refractivity contribution < 1.29 is 9.53 Å². The maximum absolute atomic E-state index is 11.4. The lowest BCUT2D eigenvalue weighted by molar-refractivity contribution is -0.168. The van der Waals surface area contributed by atoms with E-state index in [0.29, 0.717) is 10.0 Å². The molecule has 92 valence electrons. The lowest BCUT2D eigenvalue weighted by Gasteiger charge is -2.41. The minimum Gasteiger partial charge on any atom is -0.454 e. The van der Waals surface area contributed by atoms with Crippen LogP contribution in [0.4, 0.5) is 0 Å². The molecule has 1 fully saturated rings. The van der Waals surface area contributed by atoms with Gasteiger partial charge in [-0.1, -0.05) is 39.1 Å². The fraction of sp³-hybridized carbons (Fsp3) is 0.417. The monoisotopic (exact) mass is 336 g/mol. The molecule has 17 heavy (non-hydrogen) atoms. The van der Waals surface area contributed by atoms with Crippen LogP contribution in [0, 0.1) is 0 Å². The Balaban J connectivity index is 2.31. The summed E-state index contributed by atoms with van der Waals surface area (Å²) in [5, 5.41) is 1.32. The van der Waals surface area contributed by atoms with Crippen molar-refractivity contribution in [2.75, 3.05) is 5.33 Å². The van der Waals surface area contributed by atoms with Crippen LogP contribution in [0.1, 0.15) is 24.8 Å². The highest BCUT2D eigenvalue weighted by Crippen LogP contribution is 2.46. The van der Waals surface area contributed by atoms with Crippen LogP contribution in [0.5, 0.6) is 0 Å². The van der Waals surface area contributed by atoms with E-state index in [0.717, 1.165) is 24.8 Å². The van der Waals surface area contributed by atoms with Gasteiger partial charge in [-0.05, 0) is 43.0 Å². The zero-order chi connectivity index (χ0) is 12.5. The Kier molecular flexibility index (Phi) is 4.01. The maximum atomic E-state index is 11.4. The highest BCUT2D eigenvalue weighted by molar-refractivity contribution is 9.09. The van der Waals surface area contributed by atoms with E-state index in [4.69, 9.17) is 27.9 Å². The van der Waals surface area contributed by atoms with Gasteiger partial charge in [-0.15, -0.1) is 0 Å². The third kappa shape index (κ3) is 2.78. The minimum atomic E-state index is -0.528. The first-order chi connectivity index (χ1) is 8.05. The Morgan fingerprint density at radius 1 is 1.29 bits per heavy atom. The van der Waals surface area contributed by atoms with E-state index < -0.39 is 5.60 Å². The second-order valence-electron chi connectivity index (χ2n) is 4.11. The Bertz CT molecular complexity index is 424. The van der Waals surface area contributed by atoms with Crippen LogP contribution >= 0.6 is 39.1 Å². The number of esters is 1. The number of carbonyl (C=O) groups is 1. The van der Waals surface area contributed by atoms with E-state index in [1.54, 1.807) is 6.07 Å². The summed E-state index contributed by atoms with van der Waals surface area (Å²) in [6, 6.07) is 5.30. The summed E-state index contributed by atoms with van der Waals surface area (Å²) >= 11 is 15.0. The number of carbonyl (C=O) groups excluding carboxylic acids is 1. The van der Waals surface area contributed by atoms with Gasteiger partial charge in [-0.2, -0.15) is 0 Å². The predicted octanol–water partition coefficient (Wildman–Crippen LogP) is 4.31. The van der Waals surface area contributed by atoms with Crippen LogP contribution in [0.2, 0.25) is 10.0 Å². The molecule has 0 aliphatic heterocycles. The standard InChI is InChI=1S/C12H11BrCl2O2/c13-7-11(16)17-12(2-1-3-12)8-4-9(14)6-10(15)5-8/h4-6H,1-3,7H2. The fourth-order valence-corrected chi connectivity index (χ4v) is 2.65. The van der Waals surface area contributed by atoms with Gasteiger partial charge in [0.05, 0.1) is 0 Å². The van der Waals surface area contributed by atoms with E-state index in [-0.39, 0.29) is 11.3 Å². The normalized spacial score (nSPS) is 17.4. The van der Waals surface area contributed by atoms with Crippen LogP contribution in [0.25, 0.3) is 0 Å².